The molecule has 0 unspecified atom stereocenters. The van der Waals surface area contributed by atoms with Gasteiger partial charge in [-0.15, -0.1) is 11.6 Å². The smallest absolute Gasteiger partial charge is 0.269 e. The number of alkyl halides is 1. The van der Waals surface area contributed by atoms with E-state index in [-0.39, 0.29) is 18.2 Å². The van der Waals surface area contributed by atoms with E-state index in [1.807, 2.05) is 0 Å². The second-order valence-electron chi connectivity index (χ2n) is 4.23. The lowest BCUT2D eigenvalue weighted by Gasteiger charge is -2.12. The first kappa shape index (κ1) is 15.9. The van der Waals surface area contributed by atoms with Crippen LogP contribution >= 0.6 is 34.8 Å². The molecule has 0 aliphatic rings. The fourth-order valence-electron chi connectivity index (χ4n) is 1.79. The van der Waals surface area contributed by atoms with Crippen molar-refractivity contribution in [3.05, 3.63) is 67.7 Å². The van der Waals surface area contributed by atoms with Gasteiger partial charge in [0.15, 0.2) is 0 Å². The number of benzene rings is 2. The lowest BCUT2D eigenvalue weighted by atomic mass is 10.2. The zero-order valence-corrected chi connectivity index (χ0v) is 13.0. The van der Waals surface area contributed by atoms with E-state index in [0.717, 1.165) is 0 Å². The van der Waals surface area contributed by atoms with Crippen LogP contribution in [0.25, 0.3) is 0 Å². The van der Waals surface area contributed by atoms with Crippen molar-refractivity contribution in [2.24, 2.45) is 0 Å². The lowest BCUT2D eigenvalue weighted by Crippen LogP contribution is -1.99. The minimum Gasteiger partial charge on any atom is -0.487 e. The molecule has 0 N–H and O–H groups in total. The van der Waals surface area contributed by atoms with Gasteiger partial charge in [0, 0.05) is 22.7 Å². The minimum absolute atomic E-state index is 0.0101. The van der Waals surface area contributed by atoms with Crippen molar-refractivity contribution in [3.63, 3.8) is 0 Å². The van der Waals surface area contributed by atoms with E-state index in [4.69, 9.17) is 39.5 Å². The molecule has 0 saturated heterocycles. The first-order valence-electron chi connectivity index (χ1n) is 5.91. The van der Waals surface area contributed by atoms with Crippen molar-refractivity contribution in [3.8, 4) is 5.75 Å². The Kier molecular flexibility index (Phi) is 5.28. The number of hydrogen-bond donors (Lipinski definition) is 0. The molecule has 7 heteroatoms. The Balaban J connectivity index is 2.20. The van der Waals surface area contributed by atoms with Crippen LogP contribution in [0.15, 0.2) is 36.4 Å². The predicted octanol–water partition coefficient (Wildman–Crippen LogP) is 5.22. The quantitative estimate of drug-likeness (QED) is 0.424. The van der Waals surface area contributed by atoms with Gasteiger partial charge in [-0.2, -0.15) is 0 Å². The van der Waals surface area contributed by atoms with Crippen molar-refractivity contribution in [2.75, 3.05) is 0 Å². The molecule has 110 valence electrons. The molecule has 2 aromatic rings. The van der Waals surface area contributed by atoms with E-state index in [1.165, 1.54) is 12.1 Å². The third-order valence-electron chi connectivity index (χ3n) is 2.73. The maximum absolute atomic E-state index is 10.7. The molecule has 0 heterocycles. The molecule has 21 heavy (non-hydrogen) atoms. The zero-order chi connectivity index (χ0) is 15.4. The number of nitro groups is 1. The zero-order valence-electron chi connectivity index (χ0n) is 10.7. The molecule has 0 radical (unpaired) electrons. The maximum Gasteiger partial charge on any atom is 0.269 e. The Labute approximate surface area is 136 Å². The van der Waals surface area contributed by atoms with Gasteiger partial charge in [-0.3, -0.25) is 10.1 Å². The van der Waals surface area contributed by atoms with Crippen LogP contribution < -0.4 is 4.74 Å². The number of nitro benzene ring substituents is 1. The van der Waals surface area contributed by atoms with E-state index >= 15 is 0 Å². The molecule has 0 amide bonds. The number of halogens is 3. The van der Waals surface area contributed by atoms with Crippen molar-refractivity contribution in [1.29, 1.82) is 0 Å². The summed E-state index contributed by atoms with van der Waals surface area (Å²) >= 11 is 17.8. The Morgan fingerprint density at radius 2 is 1.95 bits per heavy atom. The van der Waals surface area contributed by atoms with Crippen LogP contribution in [0.2, 0.25) is 10.0 Å². The normalized spacial score (nSPS) is 10.4. The largest absolute Gasteiger partial charge is 0.487 e. The number of rotatable bonds is 5. The maximum atomic E-state index is 10.7. The van der Waals surface area contributed by atoms with E-state index in [0.29, 0.717) is 26.9 Å². The van der Waals surface area contributed by atoms with E-state index in [2.05, 4.69) is 0 Å². The predicted molar refractivity (Wildman–Crippen MR) is 83.4 cm³/mol. The summed E-state index contributed by atoms with van der Waals surface area (Å²) < 4.78 is 5.64. The van der Waals surface area contributed by atoms with Gasteiger partial charge in [0.1, 0.15) is 12.4 Å². The van der Waals surface area contributed by atoms with Crippen molar-refractivity contribution in [1.82, 2.24) is 0 Å². The summed E-state index contributed by atoms with van der Waals surface area (Å²) in [5.41, 5.74) is 1.34. The summed E-state index contributed by atoms with van der Waals surface area (Å²) in [7, 11) is 0. The molecule has 2 aromatic carbocycles. The van der Waals surface area contributed by atoms with E-state index < -0.39 is 4.92 Å². The molecule has 0 atom stereocenters. The summed E-state index contributed by atoms with van der Waals surface area (Å²) in [5.74, 6) is 0.632. The monoisotopic (exact) mass is 345 g/mol. The third kappa shape index (κ3) is 4.00. The molecule has 0 aromatic heterocycles. The molecule has 2 rings (SSSR count). The Bertz CT molecular complexity index is 677. The molecule has 0 bridgehead atoms. The summed E-state index contributed by atoms with van der Waals surface area (Å²) in [5, 5.41) is 11.6. The van der Waals surface area contributed by atoms with Gasteiger partial charge in [0.25, 0.3) is 5.69 Å². The van der Waals surface area contributed by atoms with Crippen LogP contribution in [-0.4, -0.2) is 4.92 Å². The van der Waals surface area contributed by atoms with Crippen LogP contribution in [-0.2, 0) is 12.5 Å². The third-order valence-corrected chi connectivity index (χ3v) is 3.52. The molecule has 0 aliphatic heterocycles. The highest BCUT2D eigenvalue weighted by Crippen LogP contribution is 2.34. The Morgan fingerprint density at radius 1 is 1.19 bits per heavy atom. The van der Waals surface area contributed by atoms with Gasteiger partial charge in [-0.1, -0.05) is 35.3 Å². The number of hydrogen-bond acceptors (Lipinski definition) is 3. The highest BCUT2D eigenvalue weighted by atomic mass is 35.5. The summed E-state index contributed by atoms with van der Waals surface area (Å²) in [6.45, 7) is 0.146. The molecule has 0 fully saturated rings. The molecule has 4 nitrogen and oxygen atoms in total. The van der Waals surface area contributed by atoms with Gasteiger partial charge < -0.3 is 4.74 Å². The lowest BCUT2D eigenvalue weighted by molar-refractivity contribution is -0.384. The molecular formula is C14H10Cl3NO3. The SMILES string of the molecule is O=[N+]([O-])c1cccc(COc2c(Cl)cc(Cl)cc2CCl)c1. The number of ether oxygens (including phenoxy) is 1. The van der Waals surface area contributed by atoms with Gasteiger partial charge in [0.2, 0.25) is 0 Å². The van der Waals surface area contributed by atoms with Gasteiger partial charge in [0.05, 0.1) is 15.8 Å². The van der Waals surface area contributed by atoms with Gasteiger partial charge >= 0.3 is 0 Å². The second-order valence-corrected chi connectivity index (χ2v) is 5.34. The van der Waals surface area contributed by atoms with Crippen molar-refractivity contribution < 1.29 is 9.66 Å². The first-order chi connectivity index (χ1) is 10.0. The Hall–Kier alpha value is -1.49. The highest BCUT2D eigenvalue weighted by molar-refractivity contribution is 6.36. The summed E-state index contributed by atoms with van der Waals surface area (Å²) in [4.78, 5) is 10.3. The summed E-state index contributed by atoms with van der Waals surface area (Å²) in [6.07, 6.45) is 0. The fraction of sp³-hybridized carbons (Fsp3) is 0.143. The molecule has 0 spiro atoms. The first-order valence-corrected chi connectivity index (χ1v) is 7.20. The topological polar surface area (TPSA) is 52.4 Å². The van der Waals surface area contributed by atoms with Crippen LogP contribution in [0.4, 0.5) is 5.69 Å². The van der Waals surface area contributed by atoms with Crippen LogP contribution in [0.3, 0.4) is 0 Å². The Morgan fingerprint density at radius 3 is 2.62 bits per heavy atom. The summed E-state index contributed by atoms with van der Waals surface area (Å²) in [6, 6.07) is 9.43. The average molecular weight is 347 g/mol. The molecule has 0 saturated carbocycles. The highest BCUT2D eigenvalue weighted by Gasteiger charge is 2.11. The van der Waals surface area contributed by atoms with Crippen LogP contribution in [0.5, 0.6) is 5.75 Å². The number of nitrogens with zero attached hydrogens (tertiary/aromatic N) is 1. The van der Waals surface area contributed by atoms with Gasteiger partial charge in [-0.25, -0.2) is 0 Å². The van der Waals surface area contributed by atoms with E-state index in [1.54, 1.807) is 24.3 Å². The van der Waals surface area contributed by atoms with Gasteiger partial charge in [-0.05, 0) is 17.7 Å². The standard InChI is InChI=1S/C14H10Cl3NO3/c15-7-10-5-11(16)6-13(17)14(10)21-8-9-2-1-3-12(4-9)18(19)20/h1-6H,7-8H2. The average Bonchev–Trinajstić information content (AvgIpc) is 2.45. The molecule has 0 aliphatic carbocycles. The van der Waals surface area contributed by atoms with Crippen molar-refractivity contribution in [2.45, 2.75) is 12.5 Å². The fourth-order valence-corrected chi connectivity index (χ4v) is 2.58. The van der Waals surface area contributed by atoms with E-state index in [9.17, 15) is 10.1 Å². The van der Waals surface area contributed by atoms with Crippen LogP contribution in [0, 0.1) is 10.1 Å². The van der Waals surface area contributed by atoms with Crippen LogP contribution in [0.1, 0.15) is 11.1 Å². The van der Waals surface area contributed by atoms with Crippen molar-refractivity contribution >= 4 is 40.5 Å². The number of non-ortho nitro benzene ring substituents is 1. The second kappa shape index (κ2) is 6.98. The minimum atomic E-state index is -0.455. The molecular weight excluding hydrogens is 337 g/mol.